The van der Waals surface area contributed by atoms with Crippen molar-refractivity contribution in [3.05, 3.63) is 35.4 Å². The van der Waals surface area contributed by atoms with Gasteiger partial charge in [-0.2, -0.15) is 13.2 Å². The minimum atomic E-state index is -4.53. The molecule has 6 nitrogen and oxygen atoms in total. The number of hydrogen-bond donors (Lipinski definition) is 2. The fraction of sp³-hybridized carbons (Fsp3) is 0.438. The Balaban J connectivity index is 2.82. The summed E-state index contributed by atoms with van der Waals surface area (Å²) in [6.45, 7) is 3.19. The molecule has 0 aliphatic carbocycles. The van der Waals surface area contributed by atoms with E-state index in [1.165, 1.54) is 6.92 Å². The van der Waals surface area contributed by atoms with Gasteiger partial charge >= 0.3 is 18.1 Å². The van der Waals surface area contributed by atoms with Gasteiger partial charge in [0, 0.05) is 5.56 Å². The summed E-state index contributed by atoms with van der Waals surface area (Å²) in [6.07, 6.45) is -4.76. The molecule has 9 heteroatoms. The molecule has 25 heavy (non-hydrogen) atoms. The lowest BCUT2D eigenvalue weighted by Gasteiger charge is -2.21. The van der Waals surface area contributed by atoms with Gasteiger partial charge in [0.1, 0.15) is 6.04 Å². The van der Waals surface area contributed by atoms with Crippen LogP contribution in [0.2, 0.25) is 0 Å². The van der Waals surface area contributed by atoms with Crippen LogP contribution in [-0.4, -0.2) is 35.6 Å². The molecule has 0 aromatic heterocycles. The molecule has 1 amide bonds. The fourth-order valence-electron chi connectivity index (χ4n) is 2.08. The first kappa shape index (κ1) is 20.5. The maximum absolute atomic E-state index is 12.5. The zero-order valence-electron chi connectivity index (χ0n) is 13.6. The normalized spacial score (nSPS) is 13.6. The highest BCUT2D eigenvalue weighted by molar-refractivity contribution is 5.96. The van der Waals surface area contributed by atoms with Crippen molar-refractivity contribution >= 4 is 17.8 Å². The zero-order chi connectivity index (χ0) is 19.2. The molecule has 0 spiro atoms. The van der Waals surface area contributed by atoms with E-state index in [9.17, 15) is 32.7 Å². The van der Waals surface area contributed by atoms with Gasteiger partial charge in [0.2, 0.25) is 0 Å². The monoisotopic (exact) mass is 361 g/mol. The van der Waals surface area contributed by atoms with Crippen molar-refractivity contribution in [2.24, 2.45) is 5.92 Å². The minimum Gasteiger partial charge on any atom is -0.480 e. The number of carbonyl (C=O) groups excluding carboxylic acids is 2. The predicted octanol–water partition coefficient (Wildman–Crippen LogP) is 2.48. The van der Waals surface area contributed by atoms with Crippen LogP contribution >= 0.6 is 0 Å². The van der Waals surface area contributed by atoms with E-state index in [2.05, 4.69) is 5.32 Å². The zero-order valence-corrected chi connectivity index (χ0v) is 13.6. The average Bonchev–Trinajstić information content (AvgIpc) is 2.51. The Bertz CT molecular complexity index is 628. The third-order valence-electron chi connectivity index (χ3n) is 3.39. The summed E-state index contributed by atoms with van der Waals surface area (Å²) in [7, 11) is 0. The molecular weight excluding hydrogens is 343 g/mol. The third kappa shape index (κ3) is 6.09. The number of ether oxygens (including phenoxy) is 1. The van der Waals surface area contributed by atoms with Crippen molar-refractivity contribution in [2.45, 2.75) is 32.5 Å². The first-order valence-corrected chi connectivity index (χ1v) is 7.42. The molecule has 138 valence electrons. The van der Waals surface area contributed by atoms with Gasteiger partial charge in [-0.05, 0) is 37.1 Å². The predicted molar refractivity (Wildman–Crippen MR) is 80.7 cm³/mol. The standard InChI is InChI=1S/C16H18F3NO5/c1-3-25-12(21)8-9(2)13(15(23)24)20-14(22)10-4-6-11(7-5-10)16(17,18)19/h4-7,9,13H,3,8H2,1-2H3,(H,20,22)(H,23,24)/t9-,13-/m1/s1. The Labute approximate surface area is 142 Å². The van der Waals surface area contributed by atoms with E-state index < -0.39 is 41.5 Å². The molecular formula is C16H18F3NO5. The lowest BCUT2D eigenvalue weighted by Crippen LogP contribution is -2.45. The molecule has 0 radical (unpaired) electrons. The van der Waals surface area contributed by atoms with E-state index in [1.807, 2.05) is 0 Å². The highest BCUT2D eigenvalue weighted by Crippen LogP contribution is 2.29. The molecule has 0 aliphatic heterocycles. The van der Waals surface area contributed by atoms with Gasteiger partial charge in [0.25, 0.3) is 5.91 Å². The van der Waals surface area contributed by atoms with Gasteiger partial charge < -0.3 is 15.2 Å². The lowest BCUT2D eigenvalue weighted by atomic mass is 9.98. The lowest BCUT2D eigenvalue weighted by molar-refractivity contribution is -0.146. The van der Waals surface area contributed by atoms with Crippen LogP contribution in [0.15, 0.2) is 24.3 Å². The van der Waals surface area contributed by atoms with E-state index in [1.54, 1.807) is 6.92 Å². The van der Waals surface area contributed by atoms with Gasteiger partial charge in [-0.1, -0.05) is 6.92 Å². The molecule has 0 heterocycles. The van der Waals surface area contributed by atoms with Gasteiger partial charge in [0.15, 0.2) is 0 Å². The molecule has 0 unspecified atom stereocenters. The quantitative estimate of drug-likeness (QED) is 0.728. The van der Waals surface area contributed by atoms with Gasteiger partial charge in [0.05, 0.1) is 18.6 Å². The number of alkyl halides is 3. The van der Waals surface area contributed by atoms with Gasteiger partial charge in [-0.25, -0.2) is 4.79 Å². The van der Waals surface area contributed by atoms with E-state index >= 15 is 0 Å². The number of nitrogens with one attached hydrogen (secondary N) is 1. The molecule has 0 bridgehead atoms. The van der Waals surface area contributed by atoms with E-state index in [-0.39, 0.29) is 18.6 Å². The Morgan fingerprint density at radius 1 is 1.20 bits per heavy atom. The van der Waals surface area contributed by atoms with Crippen LogP contribution in [0.4, 0.5) is 13.2 Å². The SMILES string of the molecule is CCOC(=O)C[C@@H](C)[C@@H](NC(=O)c1ccc(C(F)(F)F)cc1)C(=O)O. The first-order chi connectivity index (χ1) is 11.6. The first-order valence-electron chi connectivity index (χ1n) is 7.42. The third-order valence-corrected chi connectivity index (χ3v) is 3.39. The second-order valence-corrected chi connectivity index (χ2v) is 5.35. The molecule has 0 saturated carbocycles. The molecule has 1 aromatic carbocycles. The second kappa shape index (κ2) is 8.50. The minimum absolute atomic E-state index is 0.123. The second-order valence-electron chi connectivity index (χ2n) is 5.35. The van der Waals surface area contributed by atoms with Crippen LogP contribution < -0.4 is 5.32 Å². The van der Waals surface area contributed by atoms with Crippen molar-refractivity contribution in [3.63, 3.8) is 0 Å². The number of carboxylic acids is 1. The Hall–Kier alpha value is -2.58. The highest BCUT2D eigenvalue weighted by atomic mass is 19.4. The largest absolute Gasteiger partial charge is 0.480 e. The van der Waals surface area contributed by atoms with Crippen LogP contribution in [0.25, 0.3) is 0 Å². The van der Waals surface area contributed by atoms with Crippen molar-refractivity contribution in [2.75, 3.05) is 6.61 Å². The number of halogens is 3. The van der Waals surface area contributed by atoms with E-state index in [4.69, 9.17) is 4.74 Å². The van der Waals surface area contributed by atoms with Crippen molar-refractivity contribution < 1.29 is 37.4 Å². The fourth-order valence-corrected chi connectivity index (χ4v) is 2.08. The van der Waals surface area contributed by atoms with Crippen molar-refractivity contribution in [1.82, 2.24) is 5.32 Å². The van der Waals surface area contributed by atoms with Crippen LogP contribution in [0, 0.1) is 5.92 Å². The number of aliphatic carboxylic acids is 1. The summed E-state index contributed by atoms with van der Waals surface area (Å²) in [5, 5.41) is 11.4. The average molecular weight is 361 g/mol. The van der Waals surface area contributed by atoms with Crippen LogP contribution in [0.1, 0.15) is 36.2 Å². The van der Waals surface area contributed by atoms with Crippen molar-refractivity contribution in [3.8, 4) is 0 Å². The maximum atomic E-state index is 12.5. The smallest absolute Gasteiger partial charge is 0.416 e. The Kier molecular flexibility index (Phi) is 6.96. The number of carbonyl (C=O) groups is 3. The summed E-state index contributed by atoms with van der Waals surface area (Å²) in [5.41, 5.74) is -1.04. The number of rotatable bonds is 7. The van der Waals surface area contributed by atoms with Crippen LogP contribution in [-0.2, 0) is 20.5 Å². The summed E-state index contributed by atoms with van der Waals surface area (Å²) in [5.74, 6) is -3.59. The number of esters is 1. The number of carboxylic acid groups (broad SMARTS) is 1. The summed E-state index contributed by atoms with van der Waals surface area (Å²) < 4.78 is 42.2. The summed E-state index contributed by atoms with van der Waals surface area (Å²) in [6, 6.07) is 1.97. The summed E-state index contributed by atoms with van der Waals surface area (Å²) >= 11 is 0. The highest BCUT2D eigenvalue weighted by Gasteiger charge is 2.31. The molecule has 0 saturated heterocycles. The van der Waals surface area contributed by atoms with Gasteiger partial charge in [-0.15, -0.1) is 0 Å². The number of benzene rings is 1. The molecule has 0 aliphatic rings. The maximum Gasteiger partial charge on any atom is 0.416 e. The molecule has 0 fully saturated rings. The Morgan fingerprint density at radius 2 is 1.76 bits per heavy atom. The topological polar surface area (TPSA) is 92.7 Å². The molecule has 2 N–H and O–H groups in total. The van der Waals surface area contributed by atoms with Gasteiger partial charge in [-0.3, -0.25) is 9.59 Å². The molecule has 2 atom stereocenters. The molecule has 1 aromatic rings. The number of hydrogen-bond acceptors (Lipinski definition) is 4. The summed E-state index contributed by atoms with van der Waals surface area (Å²) in [4.78, 5) is 34.8. The van der Waals surface area contributed by atoms with Crippen molar-refractivity contribution in [1.29, 1.82) is 0 Å². The van der Waals surface area contributed by atoms with E-state index in [0.717, 1.165) is 24.3 Å². The van der Waals surface area contributed by atoms with Crippen LogP contribution in [0.5, 0.6) is 0 Å². The van der Waals surface area contributed by atoms with E-state index in [0.29, 0.717) is 0 Å². The number of amides is 1. The Morgan fingerprint density at radius 3 is 2.20 bits per heavy atom. The molecule has 1 rings (SSSR count). The van der Waals surface area contributed by atoms with Crippen LogP contribution in [0.3, 0.4) is 0 Å².